The second-order valence-electron chi connectivity index (χ2n) is 4.60. The van der Waals surface area contributed by atoms with Crippen LogP contribution in [0.1, 0.15) is 35.5 Å². The van der Waals surface area contributed by atoms with Gasteiger partial charge in [-0.2, -0.15) is 0 Å². The van der Waals surface area contributed by atoms with E-state index in [1.807, 2.05) is 27.7 Å². The maximum absolute atomic E-state index is 11.6. The second kappa shape index (κ2) is 4.74. The minimum absolute atomic E-state index is 0.0158. The van der Waals surface area contributed by atoms with Crippen LogP contribution in [0.4, 0.5) is 0 Å². The molecule has 0 bridgehead atoms. The third-order valence-corrected chi connectivity index (χ3v) is 3.00. The fraction of sp³-hybridized carbons (Fsp3) is 0.545. The number of ketones is 1. The Morgan fingerprint density at radius 1 is 1.44 bits per heavy atom. The fourth-order valence-electron chi connectivity index (χ4n) is 0.979. The second-order valence-corrected chi connectivity index (χ2v) is 5.83. The van der Waals surface area contributed by atoms with E-state index in [0.29, 0.717) is 4.88 Å². The molecule has 5 heteroatoms. The molecule has 1 heterocycles. The average Bonchev–Trinajstić information content (AvgIpc) is 2.59. The first-order chi connectivity index (χ1) is 7.30. The Labute approximate surface area is 99.1 Å². The summed E-state index contributed by atoms with van der Waals surface area (Å²) < 4.78 is 0. The van der Waals surface area contributed by atoms with Gasteiger partial charge in [0.05, 0.1) is 17.7 Å². The molecule has 1 N–H and O–H groups in total. The number of thiazole rings is 1. The van der Waals surface area contributed by atoms with Crippen molar-refractivity contribution in [3.05, 3.63) is 16.1 Å². The highest BCUT2D eigenvalue weighted by atomic mass is 32.1. The molecule has 0 aliphatic rings. The summed E-state index contributed by atoms with van der Waals surface area (Å²) in [6.07, 6.45) is 1.52. The Bertz CT molecular complexity index is 404. The minimum Gasteiger partial charge on any atom is -0.344 e. The van der Waals surface area contributed by atoms with E-state index in [4.69, 9.17) is 0 Å². The highest BCUT2D eigenvalue weighted by molar-refractivity contribution is 7.13. The lowest BCUT2D eigenvalue weighted by molar-refractivity contribution is -0.125. The quantitative estimate of drug-likeness (QED) is 0.876. The van der Waals surface area contributed by atoms with Crippen molar-refractivity contribution in [2.45, 2.75) is 27.7 Å². The zero-order valence-electron chi connectivity index (χ0n) is 9.96. The molecule has 0 unspecified atom stereocenters. The van der Waals surface area contributed by atoms with Crippen molar-refractivity contribution in [3.8, 4) is 0 Å². The number of carbonyl (C=O) groups excluding carboxylic acids is 2. The molecule has 0 saturated carbocycles. The van der Waals surface area contributed by atoms with Gasteiger partial charge in [0.15, 0.2) is 5.78 Å². The van der Waals surface area contributed by atoms with Crippen molar-refractivity contribution in [2.24, 2.45) is 5.41 Å². The van der Waals surface area contributed by atoms with E-state index in [2.05, 4.69) is 10.3 Å². The topological polar surface area (TPSA) is 59.1 Å². The van der Waals surface area contributed by atoms with Crippen LogP contribution in [0.3, 0.4) is 0 Å². The molecule has 0 fully saturated rings. The van der Waals surface area contributed by atoms with Crippen molar-refractivity contribution >= 4 is 23.0 Å². The Morgan fingerprint density at radius 3 is 2.50 bits per heavy atom. The van der Waals surface area contributed by atoms with Crippen molar-refractivity contribution in [3.63, 3.8) is 0 Å². The molecule has 1 rings (SSSR count). The van der Waals surface area contributed by atoms with Crippen LogP contribution >= 0.6 is 11.3 Å². The van der Waals surface area contributed by atoms with E-state index in [9.17, 15) is 9.59 Å². The van der Waals surface area contributed by atoms with Gasteiger partial charge >= 0.3 is 0 Å². The first-order valence-corrected chi connectivity index (χ1v) is 5.86. The van der Waals surface area contributed by atoms with Gasteiger partial charge in [-0.25, -0.2) is 4.98 Å². The van der Waals surface area contributed by atoms with Gasteiger partial charge in [-0.3, -0.25) is 9.59 Å². The van der Waals surface area contributed by atoms with Crippen molar-refractivity contribution in [1.29, 1.82) is 0 Å². The minimum atomic E-state index is -0.420. The standard InChI is InChI=1S/C11H16N2O2S/c1-7-12-5-8(16-7)10(15)13-6-9(14)11(2,3)4/h5H,6H2,1-4H3,(H,13,15). The SMILES string of the molecule is Cc1ncc(C(=O)NCC(=O)C(C)(C)C)s1. The van der Waals surface area contributed by atoms with Crippen molar-refractivity contribution < 1.29 is 9.59 Å². The fourth-order valence-corrected chi connectivity index (χ4v) is 1.67. The molecule has 0 aromatic carbocycles. The number of rotatable bonds is 3. The van der Waals surface area contributed by atoms with Gasteiger partial charge in [-0.15, -0.1) is 11.3 Å². The summed E-state index contributed by atoms with van der Waals surface area (Å²) in [6, 6.07) is 0. The smallest absolute Gasteiger partial charge is 0.263 e. The zero-order chi connectivity index (χ0) is 12.3. The number of aromatic nitrogens is 1. The van der Waals surface area contributed by atoms with E-state index < -0.39 is 5.41 Å². The van der Waals surface area contributed by atoms with Crippen LogP contribution in [0, 0.1) is 12.3 Å². The van der Waals surface area contributed by atoms with Gasteiger partial charge in [-0.05, 0) is 6.92 Å². The number of aryl methyl sites for hydroxylation is 1. The molecule has 0 aliphatic heterocycles. The molecule has 16 heavy (non-hydrogen) atoms. The summed E-state index contributed by atoms with van der Waals surface area (Å²) in [6.45, 7) is 7.40. The van der Waals surface area contributed by atoms with Crippen LogP contribution in [-0.4, -0.2) is 23.2 Å². The predicted octanol–water partition coefficient (Wildman–Crippen LogP) is 1.80. The molecule has 0 spiro atoms. The van der Waals surface area contributed by atoms with Crippen molar-refractivity contribution in [2.75, 3.05) is 6.54 Å². The molecule has 4 nitrogen and oxygen atoms in total. The predicted molar refractivity (Wildman–Crippen MR) is 63.6 cm³/mol. The van der Waals surface area contributed by atoms with E-state index >= 15 is 0 Å². The lowest BCUT2D eigenvalue weighted by Gasteiger charge is -2.16. The van der Waals surface area contributed by atoms with Crippen LogP contribution in [0.15, 0.2) is 6.20 Å². The number of nitrogens with one attached hydrogen (secondary N) is 1. The first-order valence-electron chi connectivity index (χ1n) is 5.04. The lowest BCUT2D eigenvalue weighted by atomic mass is 9.91. The molecule has 1 amide bonds. The third kappa shape index (κ3) is 3.41. The van der Waals surface area contributed by atoms with Crippen LogP contribution in [0.25, 0.3) is 0 Å². The summed E-state index contributed by atoms with van der Waals surface area (Å²) in [5.41, 5.74) is -0.420. The summed E-state index contributed by atoms with van der Waals surface area (Å²) >= 11 is 1.32. The third-order valence-electron chi connectivity index (χ3n) is 2.09. The maximum atomic E-state index is 11.6. The molecular weight excluding hydrogens is 224 g/mol. The summed E-state index contributed by atoms with van der Waals surface area (Å²) in [5.74, 6) is -0.217. The Hall–Kier alpha value is -1.23. The van der Waals surface area contributed by atoms with Gasteiger partial charge in [0.1, 0.15) is 4.88 Å². The van der Waals surface area contributed by atoms with Crippen LogP contribution in [0.5, 0.6) is 0 Å². The number of hydrogen-bond donors (Lipinski definition) is 1. The largest absolute Gasteiger partial charge is 0.344 e. The molecule has 1 aromatic heterocycles. The normalized spacial score (nSPS) is 11.2. The maximum Gasteiger partial charge on any atom is 0.263 e. The number of hydrogen-bond acceptors (Lipinski definition) is 4. The number of amides is 1. The van der Waals surface area contributed by atoms with Gasteiger partial charge < -0.3 is 5.32 Å². The van der Waals surface area contributed by atoms with E-state index in [1.165, 1.54) is 17.5 Å². The summed E-state index contributed by atoms with van der Waals surface area (Å²) in [5, 5.41) is 3.44. The number of nitrogens with zero attached hydrogens (tertiary/aromatic N) is 1. The molecule has 0 atom stereocenters. The van der Waals surface area contributed by atoms with E-state index in [1.54, 1.807) is 0 Å². The van der Waals surface area contributed by atoms with Crippen molar-refractivity contribution in [1.82, 2.24) is 10.3 Å². The van der Waals surface area contributed by atoms with Crippen LogP contribution in [0.2, 0.25) is 0 Å². The Balaban J connectivity index is 2.51. The first kappa shape index (κ1) is 12.8. The summed E-state index contributed by atoms with van der Waals surface area (Å²) in [4.78, 5) is 27.7. The molecule has 1 aromatic rings. The monoisotopic (exact) mass is 240 g/mol. The van der Waals surface area contributed by atoms with Gasteiger partial charge in [0, 0.05) is 5.41 Å². The number of Topliss-reactive ketones (excluding diaryl/α,β-unsaturated/α-hetero) is 1. The van der Waals surface area contributed by atoms with Gasteiger partial charge in [0.2, 0.25) is 0 Å². The number of carbonyl (C=O) groups is 2. The van der Waals surface area contributed by atoms with E-state index in [0.717, 1.165) is 5.01 Å². The molecule has 0 radical (unpaired) electrons. The van der Waals surface area contributed by atoms with Gasteiger partial charge in [0.25, 0.3) is 5.91 Å². The van der Waals surface area contributed by atoms with E-state index in [-0.39, 0.29) is 18.2 Å². The zero-order valence-corrected chi connectivity index (χ0v) is 10.8. The summed E-state index contributed by atoms with van der Waals surface area (Å²) in [7, 11) is 0. The Kier molecular flexibility index (Phi) is 3.80. The molecule has 88 valence electrons. The Morgan fingerprint density at radius 2 is 2.06 bits per heavy atom. The van der Waals surface area contributed by atoms with Gasteiger partial charge in [-0.1, -0.05) is 20.8 Å². The molecule has 0 aliphatic carbocycles. The average molecular weight is 240 g/mol. The highest BCUT2D eigenvalue weighted by Crippen LogP contribution is 2.14. The lowest BCUT2D eigenvalue weighted by Crippen LogP contribution is -2.35. The highest BCUT2D eigenvalue weighted by Gasteiger charge is 2.21. The molecular formula is C11H16N2O2S. The molecule has 0 saturated heterocycles. The van der Waals surface area contributed by atoms with Crippen LogP contribution < -0.4 is 5.32 Å². The van der Waals surface area contributed by atoms with Crippen LogP contribution in [-0.2, 0) is 4.79 Å².